The molecular weight excluding hydrogens is 424 g/mol. The van der Waals surface area contributed by atoms with E-state index in [0.717, 1.165) is 5.56 Å². The van der Waals surface area contributed by atoms with Gasteiger partial charge >= 0.3 is 0 Å². The van der Waals surface area contributed by atoms with Crippen LogP contribution in [0.25, 0.3) is 28.7 Å². The summed E-state index contributed by atoms with van der Waals surface area (Å²) in [6.07, 6.45) is 1.52. The Morgan fingerprint density at radius 1 is 1.06 bits per heavy atom. The summed E-state index contributed by atoms with van der Waals surface area (Å²) in [6, 6.07) is 16.0. The Bertz CT molecular complexity index is 1500. The van der Waals surface area contributed by atoms with Crippen LogP contribution in [0.2, 0.25) is 0 Å². The molecule has 4 heterocycles. The summed E-state index contributed by atoms with van der Waals surface area (Å²) in [7, 11) is 0. The summed E-state index contributed by atoms with van der Waals surface area (Å²) in [6.45, 7) is 3.41. The van der Waals surface area contributed by atoms with E-state index in [1.54, 1.807) is 38.1 Å². The third-order valence-corrected chi connectivity index (χ3v) is 5.11. The Morgan fingerprint density at radius 2 is 1.88 bits per heavy atom. The molecule has 0 saturated heterocycles. The van der Waals surface area contributed by atoms with Gasteiger partial charge in [-0.2, -0.15) is 9.78 Å². The SMILES string of the molecule is Cc1nc(-n2nc(-c3ccco3)cc2NC(=O)c2cc(-c3ccccc3)on2)[nH]c(=O)c1C. The number of furan rings is 1. The Kier molecular flexibility index (Phi) is 4.94. The fourth-order valence-corrected chi connectivity index (χ4v) is 3.21. The van der Waals surface area contributed by atoms with E-state index in [1.807, 2.05) is 30.3 Å². The molecule has 0 radical (unpaired) electrons. The van der Waals surface area contributed by atoms with E-state index in [-0.39, 0.29) is 23.0 Å². The molecule has 164 valence electrons. The number of nitrogens with zero attached hydrogens (tertiary/aromatic N) is 4. The van der Waals surface area contributed by atoms with Crippen LogP contribution in [-0.2, 0) is 0 Å². The highest BCUT2D eigenvalue weighted by atomic mass is 16.5. The van der Waals surface area contributed by atoms with Gasteiger partial charge in [0.05, 0.1) is 6.26 Å². The van der Waals surface area contributed by atoms with Gasteiger partial charge in [-0.05, 0) is 26.0 Å². The molecule has 4 aromatic heterocycles. The standard InChI is InChI=1S/C23H18N6O4/c1-13-14(2)24-23(26-21(13)30)29-20(12-16(27-29)18-9-6-10-32-18)25-22(31)17-11-19(33-28-17)15-7-4-3-5-8-15/h3-12H,1-2H3,(H,25,31)(H,24,26,30). The van der Waals surface area contributed by atoms with Crippen molar-refractivity contribution < 1.29 is 13.7 Å². The van der Waals surface area contributed by atoms with Crippen molar-refractivity contribution in [3.63, 3.8) is 0 Å². The van der Waals surface area contributed by atoms with E-state index in [4.69, 9.17) is 8.94 Å². The van der Waals surface area contributed by atoms with Gasteiger partial charge in [-0.15, -0.1) is 0 Å². The van der Waals surface area contributed by atoms with Gasteiger partial charge in [0, 0.05) is 29.0 Å². The molecule has 0 spiro atoms. The molecule has 0 fully saturated rings. The number of anilines is 1. The maximum absolute atomic E-state index is 12.9. The first-order valence-electron chi connectivity index (χ1n) is 10.0. The Balaban J connectivity index is 1.52. The van der Waals surface area contributed by atoms with Crippen molar-refractivity contribution in [2.75, 3.05) is 5.32 Å². The molecular formula is C23H18N6O4. The summed E-state index contributed by atoms with van der Waals surface area (Å²) in [5.41, 5.74) is 2.08. The molecule has 1 aromatic carbocycles. The van der Waals surface area contributed by atoms with Gasteiger partial charge in [-0.25, -0.2) is 4.98 Å². The minimum atomic E-state index is -0.515. The molecule has 0 aliphatic heterocycles. The number of rotatable bonds is 5. The van der Waals surface area contributed by atoms with Gasteiger partial charge in [-0.1, -0.05) is 35.5 Å². The number of aromatic amines is 1. The summed E-state index contributed by atoms with van der Waals surface area (Å²) in [5, 5.41) is 11.1. The van der Waals surface area contributed by atoms with Crippen LogP contribution in [0, 0.1) is 13.8 Å². The van der Waals surface area contributed by atoms with Crippen LogP contribution < -0.4 is 10.9 Å². The number of carbonyl (C=O) groups excluding carboxylic acids is 1. The van der Waals surface area contributed by atoms with Crippen LogP contribution >= 0.6 is 0 Å². The Morgan fingerprint density at radius 3 is 2.61 bits per heavy atom. The van der Waals surface area contributed by atoms with E-state index in [2.05, 4.69) is 25.5 Å². The number of amides is 1. The second-order valence-corrected chi connectivity index (χ2v) is 7.30. The van der Waals surface area contributed by atoms with Gasteiger partial charge in [0.15, 0.2) is 17.2 Å². The molecule has 33 heavy (non-hydrogen) atoms. The minimum absolute atomic E-state index is 0.0858. The fraction of sp³-hybridized carbons (Fsp3) is 0.0870. The zero-order valence-corrected chi connectivity index (χ0v) is 17.7. The van der Waals surface area contributed by atoms with Crippen LogP contribution in [0.4, 0.5) is 5.82 Å². The number of benzene rings is 1. The van der Waals surface area contributed by atoms with E-state index < -0.39 is 5.91 Å². The van der Waals surface area contributed by atoms with Gasteiger partial charge in [0.25, 0.3) is 11.5 Å². The maximum Gasteiger partial charge on any atom is 0.279 e. The lowest BCUT2D eigenvalue weighted by Gasteiger charge is -2.08. The molecule has 2 N–H and O–H groups in total. The second-order valence-electron chi connectivity index (χ2n) is 7.30. The number of hydrogen-bond donors (Lipinski definition) is 2. The zero-order valence-electron chi connectivity index (χ0n) is 17.7. The number of nitrogens with one attached hydrogen (secondary N) is 2. The predicted octanol–water partition coefficient (Wildman–Crippen LogP) is 3.74. The zero-order chi connectivity index (χ0) is 22.9. The number of hydrogen-bond acceptors (Lipinski definition) is 7. The van der Waals surface area contributed by atoms with E-state index in [1.165, 1.54) is 10.9 Å². The van der Waals surface area contributed by atoms with Crippen molar-refractivity contribution in [2.45, 2.75) is 13.8 Å². The van der Waals surface area contributed by atoms with Crippen molar-refractivity contribution in [2.24, 2.45) is 0 Å². The molecule has 0 saturated carbocycles. The van der Waals surface area contributed by atoms with Crippen LogP contribution in [0.1, 0.15) is 21.7 Å². The number of aromatic nitrogens is 5. The van der Waals surface area contributed by atoms with Crippen molar-refractivity contribution in [1.82, 2.24) is 24.9 Å². The van der Waals surface area contributed by atoms with Crippen LogP contribution in [0.3, 0.4) is 0 Å². The average molecular weight is 442 g/mol. The molecule has 0 aliphatic rings. The molecule has 10 nitrogen and oxygen atoms in total. The highest BCUT2D eigenvalue weighted by Crippen LogP contribution is 2.25. The second kappa shape index (κ2) is 8.08. The maximum atomic E-state index is 12.9. The molecule has 0 bridgehead atoms. The first-order chi connectivity index (χ1) is 16.0. The summed E-state index contributed by atoms with van der Waals surface area (Å²) in [5.74, 6) is 0.858. The quantitative estimate of drug-likeness (QED) is 0.424. The fourth-order valence-electron chi connectivity index (χ4n) is 3.21. The highest BCUT2D eigenvalue weighted by Gasteiger charge is 2.20. The molecule has 0 aliphatic carbocycles. The first-order valence-corrected chi connectivity index (χ1v) is 10.0. The van der Waals surface area contributed by atoms with Crippen LogP contribution in [0.15, 0.2) is 74.6 Å². The molecule has 0 atom stereocenters. The van der Waals surface area contributed by atoms with E-state index >= 15 is 0 Å². The third-order valence-electron chi connectivity index (χ3n) is 5.11. The topological polar surface area (TPSA) is 132 Å². The van der Waals surface area contributed by atoms with E-state index in [0.29, 0.717) is 28.5 Å². The first kappa shape index (κ1) is 20.2. The van der Waals surface area contributed by atoms with Crippen LogP contribution in [0.5, 0.6) is 0 Å². The number of carbonyl (C=O) groups is 1. The molecule has 0 unspecified atom stereocenters. The smallest absolute Gasteiger partial charge is 0.279 e. The molecule has 10 heteroatoms. The number of aryl methyl sites for hydroxylation is 1. The summed E-state index contributed by atoms with van der Waals surface area (Å²) >= 11 is 0. The lowest BCUT2D eigenvalue weighted by molar-refractivity contribution is 0.101. The third kappa shape index (κ3) is 3.85. The average Bonchev–Trinajstić information content (AvgIpc) is 3.58. The van der Waals surface area contributed by atoms with Gasteiger partial charge in [0.2, 0.25) is 5.95 Å². The van der Waals surface area contributed by atoms with E-state index in [9.17, 15) is 9.59 Å². The molecule has 1 amide bonds. The van der Waals surface area contributed by atoms with Crippen molar-refractivity contribution in [3.8, 4) is 28.7 Å². The normalized spacial score (nSPS) is 11.0. The monoisotopic (exact) mass is 442 g/mol. The van der Waals surface area contributed by atoms with Crippen LogP contribution in [-0.4, -0.2) is 30.8 Å². The van der Waals surface area contributed by atoms with Crippen molar-refractivity contribution >= 4 is 11.7 Å². The molecule has 5 aromatic rings. The summed E-state index contributed by atoms with van der Waals surface area (Å²) < 4.78 is 12.1. The predicted molar refractivity (Wildman–Crippen MR) is 119 cm³/mol. The van der Waals surface area contributed by atoms with Crippen molar-refractivity contribution in [1.29, 1.82) is 0 Å². The lowest BCUT2D eigenvalue weighted by atomic mass is 10.1. The summed E-state index contributed by atoms with van der Waals surface area (Å²) in [4.78, 5) is 32.3. The van der Waals surface area contributed by atoms with Crippen molar-refractivity contribution in [3.05, 3.63) is 88.2 Å². The highest BCUT2D eigenvalue weighted by molar-refractivity contribution is 6.03. The largest absolute Gasteiger partial charge is 0.463 e. The van der Waals surface area contributed by atoms with Gasteiger partial charge in [0.1, 0.15) is 11.5 Å². The number of H-pyrrole nitrogens is 1. The van der Waals surface area contributed by atoms with Gasteiger partial charge in [-0.3, -0.25) is 14.6 Å². The lowest BCUT2D eigenvalue weighted by Crippen LogP contribution is -2.21. The van der Waals surface area contributed by atoms with Gasteiger partial charge < -0.3 is 14.3 Å². The molecule has 5 rings (SSSR count). The Labute approximate surface area is 186 Å². The minimum Gasteiger partial charge on any atom is -0.463 e. The Hall–Kier alpha value is -4.73.